The van der Waals surface area contributed by atoms with E-state index >= 15 is 0 Å². The average molecular weight is 286 g/mol. The molecule has 3 fully saturated rings. The van der Waals surface area contributed by atoms with E-state index in [4.69, 9.17) is 5.73 Å². The Morgan fingerprint density at radius 1 is 1.05 bits per heavy atom. The topological polar surface area (TPSA) is 63.4 Å². The second-order valence-corrected chi connectivity index (χ2v) is 8.83. The van der Waals surface area contributed by atoms with Crippen LogP contribution in [0.3, 0.4) is 0 Å². The molecule has 5 heteroatoms. The molecule has 1 saturated heterocycles. The molecule has 3 atom stereocenters. The van der Waals surface area contributed by atoms with E-state index in [-0.39, 0.29) is 6.04 Å². The zero-order valence-corrected chi connectivity index (χ0v) is 12.4. The largest absolute Gasteiger partial charge is 0.327 e. The van der Waals surface area contributed by atoms with Crippen LogP contribution in [0.5, 0.6) is 0 Å². The summed E-state index contributed by atoms with van der Waals surface area (Å²) in [5.41, 5.74) is 6.16. The molecule has 0 radical (unpaired) electrons. The van der Waals surface area contributed by atoms with Gasteiger partial charge in [0, 0.05) is 19.1 Å². The summed E-state index contributed by atoms with van der Waals surface area (Å²) >= 11 is 0. The molecule has 0 aromatic rings. The molecule has 3 unspecified atom stereocenters. The van der Waals surface area contributed by atoms with Gasteiger partial charge in [0.1, 0.15) is 0 Å². The van der Waals surface area contributed by atoms with E-state index in [1.807, 2.05) is 0 Å². The van der Waals surface area contributed by atoms with Crippen molar-refractivity contribution < 1.29 is 8.42 Å². The maximum atomic E-state index is 12.4. The minimum Gasteiger partial charge on any atom is -0.327 e. The van der Waals surface area contributed by atoms with E-state index in [1.165, 1.54) is 19.3 Å². The van der Waals surface area contributed by atoms with Crippen LogP contribution in [-0.4, -0.2) is 37.6 Å². The number of sulfonamides is 1. The molecule has 1 aliphatic heterocycles. The number of hydrogen-bond acceptors (Lipinski definition) is 3. The Bertz CT molecular complexity index is 419. The minimum absolute atomic E-state index is 0.214. The average Bonchev–Trinajstić information content (AvgIpc) is 2.73. The van der Waals surface area contributed by atoms with Crippen LogP contribution in [0, 0.1) is 17.8 Å². The first-order chi connectivity index (χ1) is 9.06. The molecule has 0 aromatic heterocycles. The summed E-state index contributed by atoms with van der Waals surface area (Å²) in [5, 5.41) is 0. The van der Waals surface area contributed by atoms with Crippen molar-refractivity contribution in [2.75, 3.05) is 18.8 Å². The highest BCUT2D eigenvalue weighted by atomic mass is 32.2. The second-order valence-electron chi connectivity index (χ2n) is 6.74. The Kier molecular flexibility index (Phi) is 3.89. The first-order valence-electron chi connectivity index (χ1n) is 7.79. The molecule has 3 rings (SSSR count). The quantitative estimate of drug-likeness (QED) is 0.853. The summed E-state index contributed by atoms with van der Waals surface area (Å²) < 4.78 is 26.6. The molecule has 110 valence electrons. The van der Waals surface area contributed by atoms with Crippen molar-refractivity contribution in [2.24, 2.45) is 23.5 Å². The lowest BCUT2D eigenvalue weighted by atomic mass is 9.78. The van der Waals surface area contributed by atoms with Crippen molar-refractivity contribution in [3.63, 3.8) is 0 Å². The van der Waals surface area contributed by atoms with Gasteiger partial charge in [-0.1, -0.05) is 25.7 Å². The monoisotopic (exact) mass is 286 g/mol. The first-order valence-corrected chi connectivity index (χ1v) is 9.40. The van der Waals surface area contributed by atoms with Crippen molar-refractivity contribution in [1.29, 1.82) is 0 Å². The Morgan fingerprint density at radius 2 is 1.79 bits per heavy atom. The zero-order valence-electron chi connectivity index (χ0n) is 11.6. The summed E-state index contributed by atoms with van der Waals surface area (Å²) in [5.74, 6) is 1.95. The number of fused-ring (bicyclic) bond motifs is 1. The zero-order chi connectivity index (χ0) is 13.5. The minimum atomic E-state index is -3.04. The van der Waals surface area contributed by atoms with Crippen LogP contribution in [0.1, 0.15) is 44.9 Å². The second kappa shape index (κ2) is 5.34. The van der Waals surface area contributed by atoms with Gasteiger partial charge in [-0.3, -0.25) is 0 Å². The third kappa shape index (κ3) is 2.83. The van der Waals surface area contributed by atoms with E-state index in [0.717, 1.165) is 32.2 Å². The molecule has 19 heavy (non-hydrogen) atoms. The number of nitrogens with two attached hydrogens (primary N) is 1. The van der Waals surface area contributed by atoms with Gasteiger partial charge in [-0.05, 0) is 37.0 Å². The molecule has 0 aromatic carbocycles. The van der Waals surface area contributed by atoms with Crippen molar-refractivity contribution in [1.82, 2.24) is 4.31 Å². The van der Waals surface area contributed by atoms with E-state index < -0.39 is 10.0 Å². The SMILES string of the molecule is NC1CCCC2CN(S(=O)(=O)CCC3CCC3)CC12. The van der Waals surface area contributed by atoms with E-state index in [2.05, 4.69) is 0 Å². The summed E-state index contributed by atoms with van der Waals surface area (Å²) in [6.07, 6.45) is 7.99. The van der Waals surface area contributed by atoms with Gasteiger partial charge in [-0.25, -0.2) is 12.7 Å². The van der Waals surface area contributed by atoms with E-state index in [9.17, 15) is 8.42 Å². The van der Waals surface area contributed by atoms with Crippen molar-refractivity contribution in [2.45, 2.75) is 51.0 Å². The van der Waals surface area contributed by atoms with Crippen molar-refractivity contribution in [3.8, 4) is 0 Å². The van der Waals surface area contributed by atoms with Crippen molar-refractivity contribution in [3.05, 3.63) is 0 Å². The maximum Gasteiger partial charge on any atom is 0.214 e. The molecule has 4 nitrogen and oxygen atoms in total. The van der Waals surface area contributed by atoms with Crippen molar-refractivity contribution >= 4 is 10.0 Å². The standard InChI is InChI=1S/C14H26N2O2S/c15-14-6-2-5-12-9-16(10-13(12)14)19(17,18)8-7-11-3-1-4-11/h11-14H,1-10,15H2. The molecule has 2 aliphatic carbocycles. The van der Waals surface area contributed by atoms with Crippen LogP contribution in [-0.2, 0) is 10.0 Å². The van der Waals surface area contributed by atoms with Gasteiger partial charge in [0.25, 0.3) is 0 Å². The Hall–Kier alpha value is -0.130. The van der Waals surface area contributed by atoms with Crippen LogP contribution in [0.25, 0.3) is 0 Å². The van der Waals surface area contributed by atoms with Gasteiger partial charge >= 0.3 is 0 Å². The summed E-state index contributed by atoms with van der Waals surface area (Å²) in [4.78, 5) is 0. The fraction of sp³-hybridized carbons (Fsp3) is 1.00. The van der Waals surface area contributed by atoms with Crippen LogP contribution >= 0.6 is 0 Å². The molecule has 0 spiro atoms. The third-order valence-corrected chi connectivity index (χ3v) is 7.36. The van der Waals surface area contributed by atoms with Crippen LogP contribution in [0.15, 0.2) is 0 Å². The van der Waals surface area contributed by atoms with Crippen LogP contribution in [0.4, 0.5) is 0 Å². The van der Waals surface area contributed by atoms with Crippen LogP contribution in [0.2, 0.25) is 0 Å². The number of rotatable bonds is 4. The predicted octanol–water partition coefficient (Wildman–Crippen LogP) is 1.57. The van der Waals surface area contributed by atoms with Gasteiger partial charge in [0.2, 0.25) is 10.0 Å². The van der Waals surface area contributed by atoms with Gasteiger partial charge in [-0.2, -0.15) is 0 Å². The van der Waals surface area contributed by atoms with Crippen LogP contribution < -0.4 is 5.73 Å². The lowest BCUT2D eigenvalue weighted by Gasteiger charge is -2.29. The molecular weight excluding hydrogens is 260 g/mol. The summed E-state index contributed by atoms with van der Waals surface area (Å²) in [6, 6.07) is 0.214. The maximum absolute atomic E-state index is 12.4. The summed E-state index contributed by atoms with van der Waals surface area (Å²) in [7, 11) is -3.04. The van der Waals surface area contributed by atoms with Gasteiger partial charge in [-0.15, -0.1) is 0 Å². The molecular formula is C14H26N2O2S. The Balaban J connectivity index is 1.59. The van der Waals surface area contributed by atoms with Gasteiger partial charge < -0.3 is 5.73 Å². The lowest BCUT2D eigenvalue weighted by Crippen LogP contribution is -2.38. The molecule has 3 aliphatic rings. The molecule has 0 bridgehead atoms. The Labute approximate surface area is 116 Å². The highest BCUT2D eigenvalue weighted by molar-refractivity contribution is 7.89. The molecule has 2 saturated carbocycles. The molecule has 2 N–H and O–H groups in total. The highest BCUT2D eigenvalue weighted by Gasteiger charge is 2.42. The normalized spacial score (nSPS) is 37.0. The van der Waals surface area contributed by atoms with Gasteiger partial charge in [0.05, 0.1) is 5.75 Å². The van der Waals surface area contributed by atoms with E-state index in [1.54, 1.807) is 4.31 Å². The van der Waals surface area contributed by atoms with E-state index in [0.29, 0.717) is 30.1 Å². The number of nitrogens with zero attached hydrogens (tertiary/aromatic N) is 1. The smallest absolute Gasteiger partial charge is 0.214 e. The highest BCUT2D eigenvalue weighted by Crippen LogP contribution is 2.37. The molecule has 1 heterocycles. The third-order valence-electron chi connectivity index (χ3n) is 5.52. The predicted molar refractivity (Wildman–Crippen MR) is 76.1 cm³/mol. The fourth-order valence-corrected chi connectivity index (χ4v) is 5.64. The Morgan fingerprint density at radius 3 is 2.42 bits per heavy atom. The first kappa shape index (κ1) is 13.8. The van der Waals surface area contributed by atoms with Gasteiger partial charge in [0.15, 0.2) is 0 Å². The lowest BCUT2D eigenvalue weighted by molar-refractivity contribution is 0.260. The number of hydrogen-bond donors (Lipinski definition) is 1. The summed E-state index contributed by atoms with van der Waals surface area (Å²) in [6.45, 7) is 1.41. The fourth-order valence-electron chi connectivity index (χ4n) is 3.93. The molecule has 0 amide bonds.